The fraction of sp³-hybridized carbons (Fsp3) is 0.400. The number of piperazine rings is 1. The molecule has 1 heterocycles. The number of hydrogen-bond donors (Lipinski definition) is 3. The summed E-state index contributed by atoms with van der Waals surface area (Å²) in [5.41, 5.74) is 1.39. The predicted molar refractivity (Wildman–Crippen MR) is 104 cm³/mol. The van der Waals surface area contributed by atoms with E-state index >= 15 is 0 Å². The van der Waals surface area contributed by atoms with Crippen molar-refractivity contribution in [1.82, 2.24) is 0 Å². The van der Waals surface area contributed by atoms with Crippen molar-refractivity contribution in [3.05, 3.63) is 64.1 Å². The summed E-state index contributed by atoms with van der Waals surface area (Å²) in [7, 11) is 0. The van der Waals surface area contributed by atoms with Gasteiger partial charge in [-0.25, -0.2) is 0 Å². The molecule has 3 rings (SSSR count). The number of quaternary nitrogens is 2. The summed E-state index contributed by atoms with van der Waals surface area (Å²) in [6.07, 6.45) is -0.507. The second-order valence-corrected chi connectivity index (χ2v) is 7.75. The number of ether oxygens (including phenoxy) is 1. The zero-order valence-corrected chi connectivity index (χ0v) is 16.3. The van der Waals surface area contributed by atoms with Crippen molar-refractivity contribution in [2.24, 2.45) is 0 Å². The van der Waals surface area contributed by atoms with Gasteiger partial charge in [0.1, 0.15) is 57.7 Å². The fourth-order valence-corrected chi connectivity index (χ4v) is 3.86. The smallest absolute Gasteiger partial charge is 0.138 e. The largest absolute Gasteiger partial charge is 0.489 e. The number of rotatable bonds is 7. The van der Waals surface area contributed by atoms with Crippen molar-refractivity contribution < 1.29 is 19.6 Å². The highest BCUT2D eigenvalue weighted by molar-refractivity contribution is 6.35. The van der Waals surface area contributed by atoms with Gasteiger partial charge in [0.15, 0.2) is 0 Å². The first-order valence-corrected chi connectivity index (χ1v) is 9.82. The molecule has 1 aliphatic rings. The molecule has 0 bridgehead atoms. The van der Waals surface area contributed by atoms with Crippen LogP contribution >= 0.6 is 23.2 Å². The van der Waals surface area contributed by atoms with Gasteiger partial charge in [0.25, 0.3) is 0 Å². The summed E-state index contributed by atoms with van der Waals surface area (Å²) in [6, 6.07) is 15.7. The first kappa shape index (κ1) is 19.5. The molecule has 1 saturated heterocycles. The molecule has 140 valence electrons. The van der Waals surface area contributed by atoms with Gasteiger partial charge in [-0.3, -0.25) is 0 Å². The molecular formula is C20H26Cl2N2O2+2. The van der Waals surface area contributed by atoms with Crippen LogP contribution in [0.1, 0.15) is 5.56 Å². The Morgan fingerprint density at radius 2 is 1.65 bits per heavy atom. The Hall–Kier alpha value is -1.30. The van der Waals surface area contributed by atoms with E-state index in [1.54, 1.807) is 23.1 Å². The van der Waals surface area contributed by atoms with E-state index in [1.807, 2.05) is 0 Å². The Bertz CT molecular complexity index is 691. The minimum atomic E-state index is -0.507. The molecule has 0 aliphatic carbocycles. The monoisotopic (exact) mass is 396 g/mol. The molecule has 0 unspecified atom stereocenters. The van der Waals surface area contributed by atoms with E-state index in [2.05, 4.69) is 30.3 Å². The van der Waals surface area contributed by atoms with E-state index in [-0.39, 0.29) is 6.61 Å². The van der Waals surface area contributed by atoms with Crippen molar-refractivity contribution in [1.29, 1.82) is 0 Å². The second-order valence-electron chi connectivity index (χ2n) is 6.91. The quantitative estimate of drug-likeness (QED) is 0.644. The molecule has 0 spiro atoms. The van der Waals surface area contributed by atoms with Crippen LogP contribution in [0.4, 0.5) is 0 Å². The SMILES string of the molecule is O[C@@H](COc1ccc(Cl)cc1Cl)C[NH+]1CC[NH+](Cc2ccccc2)CC1. The van der Waals surface area contributed by atoms with E-state index < -0.39 is 6.10 Å². The lowest BCUT2D eigenvalue weighted by molar-refractivity contribution is -1.02. The topological polar surface area (TPSA) is 38.3 Å². The van der Waals surface area contributed by atoms with E-state index in [4.69, 9.17) is 27.9 Å². The number of benzene rings is 2. The van der Waals surface area contributed by atoms with Crippen molar-refractivity contribution in [2.75, 3.05) is 39.3 Å². The van der Waals surface area contributed by atoms with Gasteiger partial charge in [-0.2, -0.15) is 0 Å². The molecule has 1 aliphatic heterocycles. The molecule has 4 nitrogen and oxygen atoms in total. The van der Waals surface area contributed by atoms with Crippen LogP contribution in [-0.4, -0.2) is 50.5 Å². The minimum Gasteiger partial charge on any atom is -0.489 e. The van der Waals surface area contributed by atoms with E-state index in [0.717, 1.165) is 32.7 Å². The summed E-state index contributed by atoms with van der Waals surface area (Å²) in [6.45, 7) is 6.41. The maximum atomic E-state index is 10.3. The van der Waals surface area contributed by atoms with Crippen LogP contribution in [0, 0.1) is 0 Å². The van der Waals surface area contributed by atoms with Gasteiger partial charge in [-0.1, -0.05) is 53.5 Å². The number of halogens is 2. The first-order chi connectivity index (χ1) is 12.6. The number of hydrogen-bond acceptors (Lipinski definition) is 2. The number of aliphatic hydroxyl groups excluding tert-OH is 1. The van der Waals surface area contributed by atoms with Crippen LogP contribution in [0.5, 0.6) is 5.75 Å². The third kappa shape index (κ3) is 5.86. The number of aliphatic hydroxyl groups is 1. The Balaban J connectivity index is 1.38. The lowest BCUT2D eigenvalue weighted by atomic mass is 10.2. The molecule has 26 heavy (non-hydrogen) atoms. The maximum absolute atomic E-state index is 10.3. The summed E-state index contributed by atoms with van der Waals surface area (Å²) in [5.74, 6) is 0.558. The second kappa shape index (κ2) is 9.58. The maximum Gasteiger partial charge on any atom is 0.138 e. The van der Waals surface area contributed by atoms with Gasteiger partial charge in [0, 0.05) is 10.6 Å². The molecule has 1 fully saturated rings. The van der Waals surface area contributed by atoms with Crippen molar-refractivity contribution in [3.8, 4) is 5.75 Å². The first-order valence-electron chi connectivity index (χ1n) is 9.07. The Morgan fingerprint density at radius 1 is 0.962 bits per heavy atom. The molecular weight excluding hydrogens is 371 g/mol. The highest BCUT2D eigenvalue weighted by atomic mass is 35.5. The highest BCUT2D eigenvalue weighted by Crippen LogP contribution is 2.27. The van der Waals surface area contributed by atoms with Gasteiger partial charge in [0.05, 0.1) is 5.02 Å². The van der Waals surface area contributed by atoms with E-state index in [9.17, 15) is 5.11 Å². The van der Waals surface area contributed by atoms with Crippen LogP contribution in [0.3, 0.4) is 0 Å². The molecule has 3 N–H and O–H groups in total. The van der Waals surface area contributed by atoms with Crippen molar-refractivity contribution in [2.45, 2.75) is 12.6 Å². The zero-order valence-electron chi connectivity index (χ0n) is 14.8. The van der Waals surface area contributed by atoms with Gasteiger partial charge in [0.2, 0.25) is 0 Å². The summed E-state index contributed by atoms with van der Waals surface area (Å²) in [4.78, 5) is 3.04. The van der Waals surface area contributed by atoms with E-state index in [1.165, 1.54) is 10.5 Å². The minimum absolute atomic E-state index is 0.242. The Morgan fingerprint density at radius 3 is 2.35 bits per heavy atom. The van der Waals surface area contributed by atoms with Crippen molar-refractivity contribution in [3.63, 3.8) is 0 Å². The lowest BCUT2D eigenvalue weighted by Crippen LogP contribution is -3.28. The van der Waals surface area contributed by atoms with Crippen LogP contribution in [0.15, 0.2) is 48.5 Å². The predicted octanol–water partition coefficient (Wildman–Crippen LogP) is 0.717. The zero-order chi connectivity index (χ0) is 18.4. The van der Waals surface area contributed by atoms with Gasteiger partial charge < -0.3 is 19.6 Å². The van der Waals surface area contributed by atoms with Gasteiger partial charge in [-0.05, 0) is 18.2 Å². The number of nitrogens with one attached hydrogen (secondary N) is 2. The summed E-state index contributed by atoms with van der Waals surface area (Å²) >= 11 is 12.0. The Kier molecular flexibility index (Phi) is 7.17. The van der Waals surface area contributed by atoms with Crippen LogP contribution in [0.25, 0.3) is 0 Å². The molecule has 0 aromatic heterocycles. The molecule has 2 aromatic carbocycles. The van der Waals surface area contributed by atoms with E-state index in [0.29, 0.717) is 22.3 Å². The van der Waals surface area contributed by atoms with Crippen LogP contribution in [-0.2, 0) is 6.54 Å². The van der Waals surface area contributed by atoms with Crippen molar-refractivity contribution >= 4 is 23.2 Å². The Labute approximate surface area is 164 Å². The summed E-state index contributed by atoms with van der Waals surface area (Å²) in [5, 5.41) is 11.3. The van der Waals surface area contributed by atoms with Gasteiger partial charge in [-0.15, -0.1) is 0 Å². The normalized spacial score (nSPS) is 21.3. The lowest BCUT2D eigenvalue weighted by Gasteiger charge is -2.30. The van der Waals surface area contributed by atoms with Crippen LogP contribution in [0.2, 0.25) is 10.0 Å². The summed E-state index contributed by atoms with van der Waals surface area (Å²) < 4.78 is 5.64. The third-order valence-electron chi connectivity index (χ3n) is 4.81. The molecule has 2 aromatic rings. The average molecular weight is 397 g/mol. The average Bonchev–Trinajstić information content (AvgIpc) is 2.63. The van der Waals surface area contributed by atoms with Gasteiger partial charge >= 0.3 is 0 Å². The molecule has 0 amide bonds. The third-order valence-corrected chi connectivity index (χ3v) is 5.34. The standard InChI is InChI=1S/C20H24Cl2N2O2/c21-17-6-7-20(19(22)12-17)26-15-18(25)14-24-10-8-23(9-11-24)13-16-4-2-1-3-5-16/h1-7,12,18,25H,8-11,13-15H2/p+2/t18-/m1/s1. The fourth-order valence-electron chi connectivity index (χ4n) is 3.39. The van der Waals surface area contributed by atoms with Crippen LogP contribution < -0.4 is 14.5 Å². The molecule has 0 radical (unpaired) electrons. The molecule has 6 heteroatoms. The highest BCUT2D eigenvalue weighted by Gasteiger charge is 2.25. The molecule has 1 atom stereocenters. The molecule has 0 saturated carbocycles.